The Labute approximate surface area is 111 Å². The minimum absolute atomic E-state index is 0.0263. The van der Waals surface area contributed by atoms with Crippen LogP contribution in [0.1, 0.15) is 12.8 Å². The summed E-state index contributed by atoms with van der Waals surface area (Å²) in [6.07, 6.45) is 3.85. The molecule has 0 spiro atoms. The molecule has 1 unspecified atom stereocenters. The summed E-state index contributed by atoms with van der Waals surface area (Å²) in [7, 11) is 0. The molecule has 7 nitrogen and oxygen atoms in total. The van der Waals surface area contributed by atoms with Gasteiger partial charge in [-0.05, 0) is 18.9 Å². The summed E-state index contributed by atoms with van der Waals surface area (Å²) in [6.45, 7) is 2.33. The first-order valence-corrected chi connectivity index (χ1v) is 6.30. The van der Waals surface area contributed by atoms with Crippen LogP contribution in [0, 0.1) is 10.1 Å². The second kappa shape index (κ2) is 7.01. The number of pyridine rings is 1. The molecule has 1 aliphatic rings. The van der Waals surface area contributed by atoms with Gasteiger partial charge in [-0.2, -0.15) is 0 Å². The Bertz CT molecular complexity index is 421. The first-order chi connectivity index (χ1) is 9.27. The summed E-state index contributed by atoms with van der Waals surface area (Å²) in [5.41, 5.74) is -0.0263. The van der Waals surface area contributed by atoms with Gasteiger partial charge in [-0.3, -0.25) is 10.1 Å². The van der Waals surface area contributed by atoms with Gasteiger partial charge < -0.3 is 14.8 Å². The molecule has 104 valence electrons. The van der Waals surface area contributed by atoms with Crippen LogP contribution in [0.15, 0.2) is 18.3 Å². The maximum atomic E-state index is 10.8. The molecule has 0 amide bonds. The average molecular weight is 267 g/mol. The number of anilines is 1. The Morgan fingerprint density at radius 1 is 1.63 bits per heavy atom. The molecule has 0 aromatic carbocycles. The number of aromatic nitrogens is 1. The zero-order chi connectivity index (χ0) is 13.5. The zero-order valence-electron chi connectivity index (χ0n) is 10.6. The molecule has 1 aromatic rings. The molecule has 1 fully saturated rings. The van der Waals surface area contributed by atoms with E-state index in [1.165, 1.54) is 18.3 Å². The van der Waals surface area contributed by atoms with E-state index in [0.29, 0.717) is 19.8 Å². The Morgan fingerprint density at radius 3 is 3.26 bits per heavy atom. The first-order valence-electron chi connectivity index (χ1n) is 6.30. The fourth-order valence-corrected chi connectivity index (χ4v) is 1.91. The van der Waals surface area contributed by atoms with Crippen molar-refractivity contribution in [3.05, 3.63) is 28.4 Å². The van der Waals surface area contributed by atoms with Gasteiger partial charge in [-0.1, -0.05) is 0 Å². The number of nitrogens with zero attached hydrogens (tertiary/aromatic N) is 2. The lowest BCUT2D eigenvalue weighted by Gasteiger charge is -2.10. The highest BCUT2D eigenvalue weighted by Gasteiger charge is 2.15. The van der Waals surface area contributed by atoms with Crippen molar-refractivity contribution in [2.75, 3.05) is 31.7 Å². The number of hydrogen-bond donors (Lipinski definition) is 1. The van der Waals surface area contributed by atoms with E-state index in [-0.39, 0.29) is 17.6 Å². The van der Waals surface area contributed by atoms with Crippen LogP contribution >= 0.6 is 0 Å². The number of ether oxygens (including phenoxy) is 2. The van der Waals surface area contributed by atoms with Gasteiger partial charge in [0.05, 0.1) is 24.2 Å². The van der Waals surface area contributed by atoms with Gasteiger partial charge in [-0.25, -0.2) is 4.98 Å². The van der Waals surface area contributed by atoms with Crippen molar-refractivity contribution < 1.29 is 14.4 Å². The van der Waals surface area contributed by atoms with Crippen molar-refractivity contribution in [3.8, 4) is 0 Å². The maximum Gasteiger partial charge on any atom is 0.311 e. The van der Waals surface area contributed by atoms with Crippen LogP contribution in [0.2, 0.25) is 0 Å². The Morgan fingerprint density at radius 2 is 2.53 bits per heavy atom. The van der Waals surface area contributed by atoms with Gasteiger partial charge in [-0.15, -0.1) is 0 Å². The number of rotatable bonds is 7. The molecule has 7 heteroatoms. The molecule has 2 heterocycles. The summed E-state index contributed by atoms with van der Waals surface area (Å²) in [6, 6.07) is 2.96. The second-order valence-electron chi connectivity index (χ2n) is 4.26. The molecule has 0 aliphatic carbocycles. The molecule has 0 saturated carbocycles. The minimum Gasteiger partial charge on any atom is -0.377 e. The van der Waals surface area contributed by atoms with Crippen LogP contribution in [0.3, 0.4) is 0 Å². The lowest BCUT2D eigenvalue weighted by Crippen LogP contribution is -2.18. The van der Waals surface area contributed by atoms with Gasteiger partial charge >= 0.3 is 5.69 Å². The van der Waals surface area contributed by atoms with Crippen molar-refractivity contribution in [2.24, 2.45) is 0 Å². The van der Waals surface area contributed by atoms with Gasteiger partial charge in [0.15, 0.2) is 0 Å². The van der Waals surface area contributed by atoms with E-state index in [2.05, 4.69) is 10.3 Å². The predicted molar refractivity (Wildman–Crippen MR) is 69.2 cm³/mol. The third-order valence-electron chi connectivity index (χ3n) is 2.85. The van der Waals surface area contributed by atoms with Gasteiger partial charge in [0, 0.05) is 25.4 Å². The molecular formula is C12H17N3O4. The van der Waals surface area contributed by atoms with Crippen molar-refractivity contribution in [1.82, 2.24) is 4.98 Å². The summed E-state index contributed by atoms with van der Waals surface area (Å²) >= 11 is 0. The normalized spacial score (nSPS) is 18.4. The van der Waals surface area contributed by atoms with Gasteiger partial charge in [0.25, 0.3) is 0 Å². The van der Waals surface area contributed by atoms with Crippen molar-refractivity contribution in [1.29, 1.82) is 0 Å². The monoisotopic (exact) mass is 267 g/mol. The molecule has 1 aromatic heterocycles. The molecule has 1 aliphatic heterocycles. The van der Waals surface area contributed by atoms with E-state index in [1.807, 2.05) is 0 Å². The standard InChI is InChI=1S/C12H17N3O4/c16-15(17)11-4-1-5-13-12(11)14-6-8-18-9-10-3-2-7-19-10/h1,4-5,10H,2-3,6-9H2,(H,13,14). The minimum atomic E-state index is -0.456. The van der Waals surface area contributed by atoms with Crippen molar-refractivity contribution >= 4 is 11.5 Å². The molecule has 1 saturated heterocycles. The van der Waals surface area contributed by atoms with Crippen molar-refractivity contribution in [2.45, 2.75) is 18.9 Å². The van der Waals surface area contributed by atoms with Crippen LogP contribution in [0.25, 0.3) is 0 Å². The topological polar surface area (TPSA) is 86.5 Å². The van der Waals surface area contributed by atoms with Crippen LogP contribution in [-0.2, 0) is 9.47 Å². The number of nitro groups is 1. The fourth-order valence-electron chi connectivity index (χ4n) is 1.91. The van der Waals surface area contributed by atoms with E-state index in [4.69, 9.17) is 9.47 Å². The van der Waals surface area contributed by atoms with E-state index in [9.17, 15) is 10.1 Å². The van der Waals surface area contributed by atoms with E-state index < -0.39 is 4.92 Å². The third-order valence-corrected chi connectivity index (χ3v) is 2.85. The summed E-state index contributed by atoms with van der Waals surface area (Å²) in [5.74, 6) is 0.271. The SMILES string of the molecule is O=[N+]([O-])c1cccnc1NCCOCC1CCCO1. The molecule has 2 rings (SSSR count). The molecule has 0 radical (unpaired) electrons. The summed E-state index contributed by atoms with van der Waals surface area (Å²) in [5, 5.41) is 13.7. The lowest BCUT2D eigenvalue weighted by molar-refractivity contribution is -0.384. The summed E-state index contributed by atoms with van der Waals surface area (Å²) in [4.78, 5) is 14.2. The average Bonchev–Trinajstić information content (AvgIpc) is 2.92. The lowest BCUT2D eigenvalue weighted by atomic mass is 10.2. The predicted octanol–water partition coefficient (Wildman–Crippen LogP) is 1.60. The second-order valence-corrected chi connectivity index (χ2v) is 4.26. The fraction of sp³-hybridized carbons (Fsp3) is 0.583. The van der Waals surface area contributed by atoms with Gasteiger partial charge in [0.2, 0.25) is 5.82 Å². The quantitative estimate of drug-likeness (QED) is 0.458. The highest BCUT2D eigenvalue weighted by Crippen LogP contribution is 2.19. The van der Waals surface area contributed by atoms with E-state index >= 15 is 0 Å². The highest BCUT2D eigenvalue weighted by atomic mass is 16.6. The molecule has 0 bridgehead atoms. The Hall–Kier alpha value is -1.73. The summed E-state index contributed by atoms with van der Waals surface area (Å²) < 4.78 is 10.9. The molecule has 19 heavy (non-hydrogen) atoms. The zero-order valence-corrected chi connectivity index (χ0v) is 10.6. The Balaban J connectivity index is 1.69. The van der Waals surface area contributed by atoms with E-state index in [1.54, 1.807) is 0 Å². The number of nitrogens with one attached hydrogen (secondary N) is 1. The van der Waals surface area contributed by atoms with Crippen LogP contribution in [-0.4, -0.2) is 42.4 Å². The Kier molecular flexibility index (Phi) is 5.05. The van der Waals surface area contributed by atoms with Crippen LogP contribution in [0.5, 0.6) is 0 Å². The smallest absolute Gasteiger partial charge is 0.311 e. The van der Waals surface area contributed by atoms with Crippen LogP contribution in [0.4, 0.5) is 11.5 Å². The maximum absolute atomic E-state index is 10.8. The highest BCUT2D eigenvalue weighted by molar-refractivity contribution is 5.54. The van der Waals surface area contributed by atoms with E-state index in [0.717, 1.165) is 19.4 Å². The van der Waals surface area contributed by atoms with Crippen LogP contribution < -0.4 is 5.32 Å². The molecule has 1 atom stereocenters. The number of hydrogen-bond acceptors (Lipinski definition) is 6. The first kappa shape index (κ1) is 13.7. The molecular weight excluding hydrogens is 250 g/mol. The van der Waals surface area contributed by atoms with Crippen molar-refractivity contribution in [3.63, 3.8) is 0 Å². The third kappa shape index (κ3) is 4.15. The molecule has 1 N–H and O–H groups in total. The largest absolute Gasteiger partial charge is 0.377 e. The van der Waals surface area contributed by atoms with Gasteiger partial charge in [0.1, 0.15) is 0 Å².